The quantitative estimate of drug-likeness (QED) is 0.484. The zero-order valence-corrected chi connectivity index (χ0v) is 23.0. The van der Waals surface area contributed by atoms with E-state index in [2.05, 4.69) is 61.8 Å². The van der Waals surface area contributed by atoms with Gasteiger partial charge in [0.25, 0.3) is 0 Å². The number of hydrogen-bond donors (Lipinski definition) is 1. The minimum atomic E-state index is 0.122. The average Bonchev–Trinajstić information content (AvgIpc) is 3.38. The minimum absolute atomic E-state index is 0.122. The Labute approximate surface area is 231 Å². The molecule has 6 rings (SSSR count). The third-order valence-corrected chi connectivity index (χ3v) is 8.24. The van der Waals surface area contributed by atoms with Crippen LogP contribution in [0.5, 0.6) is 0 Å². The number of hydrogen-bond acceptors (Lipinski definition) is 9. The molecule has 3 aliphatic heterocycles. The number of morpholine rings is 1. The van der Waals surface area contributed by atoms with Crippen LogP contribution in [0.1, 0.15) is 18.9 Å². The monoisotopic (exact) mass is 524 g/mol. The number of rotatable bonds is 5. The molecule has 39 heavy (non-hydrogen) atoms. The Hall–Kier alpha value is -3.39. The molecule has 5 heterocycles. The van der Waals surface area contributed by atoms with Crippen molar-refractivity contribution in [2.75, 3.05) is 73.6 Å². The number of anilines is 3. The molecule has 9 nitrogen and oxygen atoms in total. The number of aromatic nitrogens is 2. The summed E-state index contributed by atoms with van der Waals surface area (Å²) >= 11 is 0. The maximum atomic E-state index is 9.61. The summed E-state index contributed by atoms with van der Waals surface area (Å²) in [6, 6.07) is 15.0. The fraction of sp³-hybridized carbons (Fsp3) is 0.483. The van der Waals surface area contributed by atoms with Gasteiger partial charge in [0.15, 0.2) is 7.85 Å². The van der Waals surface area contributed by atoms with Crippen LogP contribution in [-0.4, -0.2) is 99.9 Å². The van der Waals surface area contributed by atoms with Crippen LogP contribution < -0.4 is 26.0 Å². The van der Waals surface area contributed by atoms with Crippen molar-refractivity contribution in [3.05, 3.63) is 48.2 Å². The zero-order chi connectivity index (χ0) is 26.9. The van der Waals surface area contributed by atoms with Crippen LogP contribution in [0.4, 0.5) is 17.2 Å². The molecule has 0 amide bonds. The lowest BCUT2D eigenvalue weighted by atomic mass is 10.00. The van der Waals surface area contributed by atoms with Crippen LogP contribution in [0.15, 0.2) is 42.6 Å². The number of benzene rings is 1. The van der Waals surface area contributed by atoms with Crippen molar-refractivity contribution < 1.29 is 4.74 Å². The first-order valence-corrected chi connectivity index (χ1v) is 14.1. The molecule has 1 aromatic carbocycles. The van der Waals surface area contributed by atoms with E-state index in [0.29, 0.717) is 5.56 Å². The van der Waals surface area contributed by atoms with E-state index in [-0.39, 0.29) is 18.2 Å². The largest absolute Gasteiger partial charge is 0.370 e. The normalized spacial score (nSPS) is 24.3. The first-order chi connectivity index (χ1) is 19.0. The molecule has 202 valence electrons. The highest BCUT2D eigenvalue weighted by molar-refractivity contribution is 6.31. The van der Waals surface area contributed by atoms with Crippen LogP contribution in [0, 0.1) is 11.3 Å². The smallest absolute Gasteiger partial charge is 0.163 e. The molecule has 10 heteroatoms. The molecule has 0 aliphatic carbocycles. The van der Waals surface area contributed by atoms with Gasteiger partial charge in [-0.05, 0) is 49.3 Å². The fourth-order valence-electron chi connectivity index (χ4n) is 6.23. The lowest BCUT2D eigenvalue weighted by Gasteiger charge is -2.42. The highest BCUT2D eigenvalue weighted by atomic mass is 16.5. The molecule has 3 atom stereocenters. The molecule has 3 aromatic rings. The van der Waals surface area contributed by atoms with E-state index in [1.165, 1.54) is 5.69 Å². The second-order valence-corrected chi connectivity index (χ2v) is 11.2. The van der Waals surface area contributed by atoms with Gasteiger partial charge < -0.3 is 25.2 Å². The maximum absolute atomic E-state index is 9.61. The molecular formula is C29H37BN8O. The van der Waals surface area contributed by atoms with E-state index in [0.717, 1.165) is 93.3 Å². The fourth-order valence-corrected chi connectivity index (χ4v) is 6.23. The first-order valence-electron chi connectivity index (χ1n) is 14.1. The molecule has 0 bridgehead atoms. The van der Waals surface area contributed by atoms with Crippen LogP contribution in [0.25, 0.3) is 10.9 Å². The van der Waals surface area contributed by atoms with Gasteiger partial charge >= 0.3 is 0 Å². The predicted molar refractivity (Wildman–Crippen MR) is 159 cm³/mol. The predicted octanol–water partition coefficient (Wildman–Crippen LogP) is 0.713. The molecule has 2 N–H and O–H groups in total. The van der Waals surface area contributed by atoms with Gasteiger partial charge in [-0.2, -0.15) is 5.26 Å². The number of nitrogens with two attached hydrogens (primary N) is 1. The Morgan fingerprint density at radius 1 is 1.00 bits per heavy atom. The number of ether oxygens (including phenoxy) is 1. The standard InChI is InChI=1S/C29H37BN8O/c1-20-16-38(26-5-2-21(14-31)29-25(26)4-6-27(30)34-29)19-24(39-20)18-35-10-12-36(13-11-35)23-3-7-28(33-15-23)37-9-8-22(32)17-37/h2-7,15,20,22,24H,8-13,16-19,30,32H2,1H3/t20-,22+,24+/m1/s1. The van der Waals surface area contributed by atoms with Crippen LogP contribution in [0.2, 0.25) is 0 Å². The number of nitrogens with zero attached hydrogens (tertiary/aromatic N) is 7. The summed E-state index contributed by atoms with van der Waals surface area (Å²) in [4.78, 5) is 19.1. The van der Waals surface area contributed by atoms with Crippen LogP contribution in [-0.2, 0) is 4.74 Å². The number of nitriles is 1. The Balaban J connectivity index is 1.08. The topological polar surface area (TPSA) is 97.8 Å². The van der Waals surface area contributed by atoms with E-state index in [1.54, 1.807) is 0 Å². The summed E-state index contributed by atoms with van der Waals surface area (Å²) in [7, 11) is 1.97. The molecule has 3 aliphatic rings. The molecule has 3 saturated heterocycles. The second-order valence-electron chi connectivity index (χ2n) is 11.2. The number of fused-ring (bicyclic) bond motifs is 1. The van der Waals surface area contributed by atoms with Crippen molar-refractivity contribution in [3.8, 4) is 6.07 Å². The Morgan fingerprint density at radius 3 is 2.56 bits per heavy atom. The van der Waals surface area contributed by atoms with Crippen LogP contribution in [0.3, 0.4) is 0 Å². The molecule has 3 fully saturated rings. The highest BCUT2D eigenvalue weighted by Crippen LogP contribution is 2.30. The van der Waals surface area contributed by atoms with Crippen molar-refractivity contribution in [1.82, 2.24) is 14.9 Å². The lowest BCUT2D eigenvalue weighted by molar-refractivity contribution is -0.0327. The molecule has 0 spiro atoms. The minimum Gasteiger partial charge on any atom is -0.370 e. The van der Waals surface area contributed by atoms with Gasteiger partial charge in [0, 0.05) is 76.0 Å². The van der Waals surface area contributed by atoms with Gasteiger partial charge in [-0.25, -0.2) is 4.98 Å². The molecule has 0 unspecified atom stereocenters. The van der Waals surface area contributed by atoms with E-state index in [4.69, 9.17) is 15.5 Å². The average molecular weight is 524 g/mol. The summed E-state index contributed by atoms with van der Waals surface area (Å²) in [6.07, 6.45) is 3.30. The summed E-state index contributed by atoms with van der Waals surface area (Å²) in [5.74, 6) is 1.03. The van der Waals surface area contributed by atoms with Crippen molar-refractivity contribution in [2.24, 2.45) is 5.73 Å². The van der Waals surface area contributed by atoms with Gasteiger partial charge in [0.1, 0.15) is 11.9 Å². The molecule has 0 radical (unpaired) electrons. The Bertz CT molecular complexity index is 1350. The van der Waals surface area contributed by atoms with Crippen molar-refractivity contribution in [3.63, 3.8) is 0 Å². The summed E-state index contributed by atoms with van der Waals surface area (Å²) < 4.78 is 6.41. The van der Waals surface area contributed by atoms with Crippen molar-refractivity contribution >= 4 is 41.5 Å². The molecular weight excluding hydrogens is 487 g/mol. The maximum Gasteiger partial charge on any atom is 0.163 e. The summed E-state index contributed by atoms with van der Waals surface area (Å²) in [6.45, 7) is 10.5. The zero-order valence-electron chi connectivity index (χ0n) is 23.0. The van der Waals surface area contributed by atoms with Crippen molar-refractivity contribution in [2.45, 2.75) is 31.6 Å². The molecule has 0 saturated carbocycles. The van der Waals surface area contributed by atoms with E-state index in [9.17, 15) is 5.26 Å². The number of pyridine rings is 2. The van der Waals surface area contributed by atoms with E-state index in [1.807, 2.05) is 26.2 Å². The number of piperazine rings is 1. The Morgan fingerprint density at radius 2 is 1.85 bits per heavy atom. The Kier molecular flexibility index (Phi) is 7.30. The molecule has 2 aromatic heterocycles. The second kappa shape index (κ2) is 11.0. The van der Waals surface area contributed by atoms with Gasteiger partial charge in [-0.15, -0.1) is 0 Å². The van der Waals surface area contributed by atoms with Gasteiger partial charge in [0.2, 0.25) is 0 Å². The third-order valence-electron chi connectivity index (χ3n) is 8.24. The highest BCUT2D eigenvalue weighted by Gasteiger charge is 2.30. The SMILES string of the molecule is Bc1ccc2c(N3C[C@H](CN4CCN(c5ccc(N6CC[C@H](N)C6)nc5)CC4)O[C@H](C)C3)ccc(C#N)c2n1. The van der Waals surface area contributed by atoms with Gasteiger partial charge in [-0.1, -0.05) is 6.07 Å². The lowest BCUT2D eigenvalue weighted by Crippen LogP contribution is -2.54. The van der Waals surface area contributed by atoms with E-state index < -0.39 is 0 Å². The van der Waals surface area contributed by atoms with Gasteiger partial charge in [0.05, 0.1) is 35.2 Å². The first kappa shape index (κ1) is 25.9. The third kappa shape index (κ3) is 5.53. The van der Waals surface area contributed by atoms with Gasteiger partial charge in [-0.3, -0.25) is 9.88 Å². The summed E-state index contributed by atoms with van der Waals surface area (Å²) in [5.41, 5.74) is 10.7. The van der Waals surface area contributed by atoms with E-state index >= 15 is 0 Å². The van der Waals surface area contributed by atoms with Crippen molar-refractivity contribution in [1.29, 1.82) is 5.26 Å². The summed E-state index contributed by atoms with van der Waals surface area (Å²) in [5, 5.41) is 10.6. The van der Waals surface area contributed by atoms with Crippen LogP contribution >= 0.6 is 0 Å².